The quantitative estimate of drug-likeness (QED) is 0.909. The maximum Gasteiger partial charge on any atom is 0.227 e. The van der Waals surface area contributed by atoms with Crippen LogP contribution in [0.2, 0.25) is 5.02 Å². The van der Waals surface area contributed by atoms with Gasteiger partial charge in [-0.1, -0.05) is 32.7 Å². The first-order valence-corrected chi connectivity index (χ1v) is 7.80. The predicted octanol–water partition coefficient (Wildman–Crippen LogP) is 3.61. The lowest BCUT2D eigenvalue weighted by molar-refractivity contribution is 0.229. The zero-order valence-corrected chi connectivity index (χ0v) is 13.2. The first-order chi connectivity index (χ1) is 9.57. The van der Waals surface area contributed by atoms with Crippen LogP contribution in [0.15, 0.2) is 27.2 Å². The number of aryl methyl sites for hydroxylation is 2. The Morgan fingerprint density at radius 2 is 2.15 bits per heavy atom. The van der Waals surface area contributed by atoms with Crippen molar-refractivity contribution in [3.63, 3.8) is 0 Å². The van der Waals surface area contributed by atoms with Gasteiger partial charge in [0.2, 0.25) is 5.89 Å². The summed E-state index contributed by atoms with van der Waals surface area (Å²) in [6, 6.07) is 5.74. The lowest BCUT2D eigenvalue weighted by Crippen LogP contribution is -2.44. The van der Waals surface area contributed by atoms with Crippen molar-refractivity contribution in [2.45, 2.75) is 37.6 Å². The lowest BCUT2D eigenvalue weighted by atomic mass is 9.77. The highest BCUT2D eigenvalue weighted by atomic mass is 79.9. The summed E-state index contributed by atoms with van der Waals surface area (Å²) in [5, 5.41) is 4.74. The maximum atomic E-state index is 6.18. The van der Waals surface area contributed by atoms with Crippen molar-refractivity contribution < 1.29 is 4.52 Å². The summed E-state index contributed by atoms with van der Waals surface area (Å²) in [7, 11) is 0. The van der Waals surface area contributed by atoms with Gasteiger partial charge in [-0.05, 0) is 49.4 Å². The molecule has 0 radical (unpaired) electrons. The molecule has 2 N–H and O–H groups in total. The summed E-state index contributed by atoms with van der Waals surface area (Å²) in [5.74, 6) is 1.27. The van der Waals surface area contributed by atoms with E-state index in [0.29, 0.717) is 18.1 Å². The number of nitrogens with zero attached hydrogens (tertiary/aromatic N) is 2. The number of halogens is 2. The second-order valence-electron chi connectivity index (χ2n) is 5.26. The van der Waals surface area contributed by atoms with Crippen LogP contribution in [0.4, 0.5) is 0 Å². The van der Waals surface area contributed by atoms with E-state index in [0.717, 1.165) is 40.7 Å². The van der Waals surface area contributed by atoms with Crippen molar-refractivity contribution in [3.8, 4) is 0 Å². The van der Waals surface area contributed by atoms with Crippen molar-refractivity contribution in [2.24, 2.45) is 5.73 Å². The number of aromatic nitrogens is 2. The molecule has 1 fully saturated rings. The summed E-state index contributed by atoms with van der Waals surface area (Å²) in [6.07, 6.45) is 4.48. The standard InChI is InChI=1S/C14H15BrClN3O/c15-11-4-3-10(16)8-9(11)2-5-12-18-13(19-20-12)14(17)6-1-7-14/h3-4,8H,1-2,5-7,17H2. The van der Waals surface area contributed by atoms with Gasteiger partial charge in [-0.3, -0.25) is 0 Å². The van der Waals surface area contributed by atoms with Gasteiger partial charge < -0.3 is 10.3 Å². The molecular formula is C14H15BrClN3O. The van der Waals surface area contributed by atoms with Gasteiger partial charge in [0, 0.05) is 15.9 Å². The monoisotopic (exact) mass is 355 g/mol. The van der Waals surface area contributed by atoms with Crippen LogP contribution in [0.5, 0.6) is 0 Å². The van der Waals surface area contributed by atoms with E-state index < -0.39 is 0 Å². The fourth-order valence-electron chi connectivity index (χ4n) is 2.32. The average Bonchev–Trinajstić information content (AvgIpc) is 2.86. The van der Waals surface area contributed by atoms with E-state index in [1.54, 1.807) is 0 Å². The van der Waals surface area contributed by atoms with E-state index >= 15 is 0 Å². The number of rotatable bonds is 4. The molecule has 0 atom stereocenters. The van der Waals surface area contributed by atoms with Crippen molar-refractivity contribution in [2.75, 3.05) is 0 Å². The van der Waals surface area contributed by atoms with Crippen molar-refractivity contribution >= 4 is 27.5 Å². The van der Waals surface area contributed by atoms with Crippen LogP contribution in [-0.4, -0.2) is 10.1 Å². The molecule has 0 saturated heterocycles. The fraction of sp³-hybridized carbons (Fsp3) is 0.429. The molecule has 1 aliphatic carbocycles. The second kappa shape index (κ2) is 5.47. The number of benzene rings is 1. The minimum absolute atomic E-state index is 0.363. The Bertz CT molecular complexity index is 625. The molecule has 0 spiro atoms. The van der Waals surface area contributed by atoms with Crippen LogP contribution in [0.25, 0.3) is 0 Å². The SMILES string of the molecule is NC1(c2noc(CCc3cc(Cl)ccc3Br)n2)CCC1. The van der Waals surface area contributed by atoms with E-state index in [4.69, 9.17) is 21.9 Å². The Kier molecular flexibility index (Phi) is 3.84. The number of nitrogens with two attached hydrogens (primary N) is 1. The third-order valence-electron chi connectivity index (χ3n) is 3.78. The van der Waals surface area contributed by atoms with Crippen molar-refractivity contribution in [1.29, 1.82) is 0 Å². The molecule has 20 heavy (non-hydrogen) atoms. The molecule has 3 rings (SSSR count). The summed E-state index contributed by atoms with van der Waals surface area (Å²) in [6.45, 7) is 0. The van der Waals surface area contributed by atoms with E-state index in [-0.39, 0.29) is 5.54 Å². The maximum absolute atomic E-state index is 6.18. The van der Waals surface area contributed by atoms with E-state index in [9.17, 15) is 0 Å². The van der Waals surface area contributed by atoms with Crippen LogP contribution < -0.4 is 5.73 Å². The molecule has 1 aliphatic rings. The Morgan fingerprint density at radius 1 is 1.35 bits per heavy atom. The molecule has 0 bridgehead atoms. The fourth-order valence-corrected chi connectivity index (χ4v) is 2.96. The third kappa shape index (κ3) is 2.75. The summed E-state index contributed by atoms with van der Waals surface area (Å²) in [5.41, 5.74) is 6.94. The van der Waals surface area contributed by atoms with E-state index in [1.165, 1.54) is 0 Å². The van der Waals surface area contributed by atoms with Gasteiger partial charge in [-0.2, -0.15) is 4.98 Å². The Morgan fingerprint density at radius 3 is 2.85 bits per heavy atom. The predicted molar refractivity (Wildman–Crippen MR) is 80.6 cm³/mol. The highest BCUT2D eigenvalue weighted by Gasteiger charge is 2.38. The van der Waals surface area contributed by atoms with Gasteiger partial charge in [0.05, 0.1) is 5.54 Å². The number of hydrogen-bond donors (Lipinski definition) is 1. The Balaban J connectivity index is 1.68. The summed E-state index contributed by atoms with van der Waals surface area (Å²) in [4.78, 5) is 4.42. The lowest BCUT2D eigenvalue weighted by Gasteiger charge is -2.34. The molecule has 1 aromatic heterocycles. The summed E-state index contributed by atoms with van der Waals surface area (Å²) >= 11 is 9.52. The van der Waals surface area contributed by atoms with Crippen LogP contribution in [-0.2, 0) is 18.4 Å². The Hall–Kier alpha value is -0.910. The normalized spacial score (nSPS) is 16.9. The van der Waals surface area contributed by atoms with Crippen LogP contribution >= 0.6 is 27.5 Å². The minimum Gasteiger partial charge on any atom is -0.339 e. The molecular weight excluding hydrogens is 342 g/mol. The molecule has 0 aliphatic heterocycles. The van der Waals surface area contributed by atoms with Gasteiger partial charge in [0.1, 0.15) is 0 Å². The van der Waals surface area contributed by atoms with Gasteiger partial charge >= 0.3 is 0 Å². The first-order valence-electron chi connectivity index (χ1n) is 6.63. The Labute approximate surface area is 130 Å². The topological polar surface area (TPSA) is 64.9 Å². The minimum atomic E-state index is -0.363. The molecule has 0 amide bonds. The molecule has 6 heteroatoms. The molecule has 0 unspecified atom stereocenters. The van der Waals surface area contributed by atoms with E-state index in [2.05, 4.69) is 26.1 Å². The third-order valence-corrected chi connectivity index (χ3v) is 4.78. The van der Waals surface area contributed by atoms with Gasteiger partial charge in [-0.15, -0.1) is 0 Å². The van der Waals surface area contributed by atoms with E-state index in [1.807, 2.05) is 18.2 Å². The van der Waals surface area contributed by atoms with Gasteiger partial charge in [-0.25, -0.2) is 0 Å². The van der Waals surface area contributed by atoms with Crippen LogP contribution in [0.3, 0.4) is 0 Å². The smallest absolute Gasteiger partial charge is 0.227 e. The average molecular weight is 357 g/mol. The molecule has 106 valence electrons. The highest BCUT2D eigenvalue weighted by Crippen LogP contribution is 2.36. The molecule has 4 nitrogen and oxygen atoms in total. The highest BCUT2D eigenvalue weighted by molar-refractivity contribution is 9.10. The first kappa shape index (κ1) is 14.0. The van der Waals surface area contributed by atoms with Crippen LogP contribution in [0, 0.1) is 0 Å². The largest absolute Gasteiger partial charge is 0.339 e. The van der Waals surface area contributed by atoms with Gasteiger partial charge in [0.25, 0.3) is 0 Å². The van der Waals surface area contributed by atoms with Crippen LogP contribution in [0.1, 0.15) is 36.5 Å². The van der Waals surface area contributed by atoms with Gasteiger partial charge in [0.15, 0.2) is 5.82 Å². The zero-order valence-electron chi connectivity index (χ0n) is 10.9. The number of hydrogen-bond acceptors (Lipinski definition) is 4. The zero-order chi connectivity index (χ0) is 14.2. The van der Waals surface area contributed by atoms with Crippen molar-refractivity contribution in [3.05, 3.63) is 45.0 Å². The molecule has 1 aromatic carbocycles. The molecule has 1 heterocycles. The van der Waals surface area contributed by atoms with Crippen molar-refractivity contribution in [1.82, 2.24) is 10.1 Å². The summed E-state index contributed by atoms with van der Waals surface area (Å²) < 4.78 is 6.33. The molecule has 2 aromatic rings. The second-order valence-corrected chi connectivity index (χ2v) is 6.55. The molecule has 1 saturated carbocycles.